The van der Waals surface area contributed by atoms with Crippen LogP contribution in [0.25, 0.3) is 0 Å². The van der Waals surface area contributed by atoms with E-state index in [0.29, 0.717) is 16.3 Å². The van der Waals surface area contributed by atoms with Crippen molar-refractivity contribution in [3.05, 3.63) is 28.3 Å². The molecule has 1 aromatic rings. The lowest BCUT2D eigenvalue weighted by atomic mass is 9.93. The second kappa shape index (κ2) is 6.07. The van der Waals surface area contributed by atoms with E-state index < -0.39 is 11.9 Å². The maximum atomic E-state index is 11.2. The summed E-state index contributed by atoms with van der Waals surface area (Å²) in [5.74, 6) is -1.06. The molecule has 0 heterocycles. The summed E-state index contributed by atoms with van der Waals surface area (Å²) in [6, 6.07) is 3.62. The van der Waals surface area contributed by atoms with E-state index in [4.69, 9.17) is 27.2 Å². The highest BCUT2D eigenvalue weighted by Gasteiger charge is 2.24. The van der Waals surface area contributed by atoms with E-state index in [2.05, 4.69) is 0 Å². The molecule has 18 heavy (non-hydrogen) atoms. The van der Waals surface area contributed by atoms with Crippen LogP contribution in [0.5, 0.6) is 5.75 Å². The molecule has 1 unspecified atom stereocenters. The van der Waals surface area contributed by atoms with Gasteiger partial charge < -0.3 is 15.6 Å². The monoisotopic (exact) mass is 271 g/mol. The van der Waals surface area contributed by atoms with Gasteiger partial charge in [-0.05, 0) is 23.1 Å². The lowest BCUT2D eigenvalue weighted by molar-refractivity contribution is -0.138. The van der Waals surface area contributed by atoms with E-state index in [-0.39, 0.29) is 12.5 Å². The van der Waals surface area contributed by atoms with Gasteiger partial charge in [0, 0.05) is 6.54 Å². The second-order valence-corrected chi connectivity index (χ2v) is 4.79. The van der Waals surface area contributed by atoms with Gasteiger partial charge in [-0.15, -0.1) is 0 Å². The van der Waals surface area contributed by atoms with E-state index in [1.165, 1.54) is 7.11 Å². The van der Waals surface area contributed by atoms with Gasteiger partial charge in [0.25, 0.3) is 0 Å². The minimum atomic E-state index is -0.984. The largest absolute Gasteiger partial charge is 0.495 e. The summed E-state index contributed by atoms with van der Waals surface area (Å²) in [5, 5.41) is 9.48. The Balaban J connectivity index is 3.40. The molecule has 0 aliphatic rings. The van der Waals surface area contributed by atoms with Crippen molar-refractivity contribution in [2.45, 2.75) is 25.7 Å². The fraction of sp³-hybridized carbons (Fsp3) is 0.462. The van der Waals surface area contributed by atoms with Crippen molar-refractivity contribution in [3.63, 3.8) is 0 Å². The highest BCUT2D eigenvalue weighted by atomic mass is 35.5. The number of halogens is 1. The number of aliphatic carboxylic acids is 1. The van der Waals surface area contributed by atoms with Crippen molar-refractivity contribution in [1.82, 2.24) is 0 Å². The van der Waals surface area contributed by atoms with Crippen LogP contribution < -0.4 is 10.5 Å². The molecule has 100 valence electrons. The first-order chi connectivity index (χ1) is 8.42. The van der Waals surface area contributed by atoms with Crippen molar-refractivity contribution < 1.29 is 14.6 Å². The van der Waals surface area contributed by atoms with E-state index in [1.54, 1.807) is 6.07 Å². The number of hydrogen-bond donors (Lipinski definition) is 2. The summed E-state index contributed by atoms with van der Waals surface area (Å²) in [5.41, 5.74) is 7.00. The maximum Gasteiger partial charge on any atom is 0.312 e. The quantitative estimate of drug-likeness (QED) is 0.863. The molecule has 0 radical (unpaired) electrons. The van der Waals surface area contributed by atoms with Crippen molar-refractivity contribution in [2.75, 3.05) is 13.7 Å². The molecule has 0 saturated carbocycles. The van der Waals surface area contributed by atoms with Crippen LogP contribution >= 0.6 is 11.6 Å². The number of carbonyl (C=O) groups is 1. The average molecular weight is 272 g/mol. The second-order valence-electron chi connectivity index (χ2n) is 4.41. The number of methoxy groups -OCH3 is 1. The van der Waals surface area contributed by atoms with Crippen molar-refractivity contribution in [1.29, 1.82) is 0 Å². The molecular weight excluding hydrogens is 254 g/mol. The summed E-state index contributed by atoms with van der Waals surface area (Å²) in [4.78, 5) is 11.2. The Morgan fingerprint density at radius 1 is 1.50 bits per heavy atom. The Kier molecular flexibility index (Phi) is 4.99. The maximum absolute atomic E-state index is 11.2. The van der Waals surface area contributed by atoms with Crippen LogP contribution in [0.2, 0.25) is 5.02 Å². The van der Waals surface area contributed by atoms with Gasteiger partial charge in [0.2, 0.25) is 0 Å². The van der Waals surface area contributed by atoms with Crippen LogP contribution in [0, 0.1) is 0 Å². The van der Waals surface area contributed by atoms with Gasteiger partial charge in [0.05, 0.1) is 18.1 Å². The van der Waals surface area contributed by atoms with Crippen LogP contribution in [-0.2, 0) is 4.79 Å². The van der Waals surface area contributed by atoms with Crippen molar-refractivity contribution >= 4 is 17.6 Å². The number of carboxylic acid groups (broad SMARTS) is 1. The SMILES string of the molecule is COc1cc(C(C)C)cc(C(CN)C(=O)O)c1Cl. The first kappa shape index (κ1) is 14.8. The topological polar surface area (TPSA) is 72.5 Å². The van der Waals surface area contributed by atoms with Gasteiger partial charge in [-0.2, -0.15) is 0 Å². The molecule has 1 rings (SSSR count). The minimum Gasteiger partial charge on any atom is -0.495 e. The molecule has 1 aromatic carbocycles. The molecule has 0 fully saturated rings. The fourth-order valence-electron chi connectivity index (χ4n) is 1.74. The number of benzene rings is 1. The van der Waals surface area contributed by atoms with Crippen LogP contribution in [-0.4, -0.2) is 24.7 Å². The summed E-state index contributed by atoms with van der Waals surface area (Å²) in [7, 11) is 1.51. The summed E-state index contributed by atoms with van der Waals surface area (Å²) in [6.07, 6.45) is 0. The van der Waals surface area contributed by atoms with Gasteiger partial charge in [-0.1, -0.05) is 31.5 Å². The third-order valence-electron chi connectivity index (χ3n) is 2.89. The lowest BCUT2D eigenvalue weighted by Crippen LogP contribution is -2.21. The first-order valence-electron chi connectivity index (χ1n) is 5.72. The zero-order chi connectivity index (χ0) is 13.9. The van der Waals surface area contributed by atoms with Crippen LogP contribution in [0.1, 0.15) is 36.8 Å². The lowest BCUT2D eigenvalue weighted by Gasteiger charge is -2.17. The Labute approximate surface area is 112 Å². The normalized spacial score (nSPS) is 12.6. The molecular formula is C13H18ClNO3. The Morgan fingerprint density at radius 2 is 2.11 bits per heavy atom. The number of rotatable bonds is 5. The Bertz CT molecular complexity index is 446. The predicted molar refractivity (Wildman–Crippen MR) is 71.5 cm³/mol. The third kappa shape index (κ3) is 2.94. The number of nitrogens with two attached hydrogens (primary N) is 1. The average Bonchev–Trinajstić information content (AvgIpc) is 2.31. The molecule has 3 N–H and O–H groups in total. The summed E-state index contributed by atoms with van der Waals surface area (Å²) >= 11 is 6.16. The number of hydrogen-bond acceptors (Lipinski definition) is 3. The molecule has 0 aliphatic heterocycles. The van der Waals surface area contributed by atoms with Gasteiger partial charge >= 0.3 is 5.97 Å². The number of carboxylic acids is 1. The van der Waals surface area contributed by atoms with Gasteiger partial charge in [0.15, 0.2) is 0 Å². The van der Waals surface area contributed by atoms with Crippen molar-refractivity contribution in [2.24, 2.45) is 5.73 Å². The Hall–Kier alpha value is -1.26. The van der Waals surface area contributed by atoms with Gasteiger partial charge in [-0.3, -0.25) is 4.79 Å². The van der Waals surface area contributed by atoms with Crippen LogP contribution in [0.4, 0.5) is 0 Å². The van der Waals surface area contributed by atoms with E-state index >= 15 is 0 Å². The summed E-state index contributed by atoms with van der Waals surface area (Å²) < 4.78 is 5.19. The molecule has 1 atom stereocenters. The molecule has 4 nitrogen and oxygen atoms in total. The van der Waals surface area contributed by atoms with E-state index in [1.807, 2.05) is 19.9 Å². The summed E-state index contributed by atoms with van der Waals surface area (Å²) in [6.45, 7) is 4.04. The van der Waals surface area contributed by atoms with E-state index in [0.717, 1.165) is 5.56 Å². The standard InChI is InChI=1S/C13H18ClNO3/c1-7(2)8-4-9(10(6-15)13(16)17)12(14)11(5-8)18-3/h4-5,7,10H,6,15H2,1-3H3,(H,16,17). The third-order valence-corrected chi connectivity index (χ3v) is 3.29. The molecule has 0 aromatic heterocycles. The predicted octanol–water partition coefficient (Wildman–Crippen LogP) is 2.60. The first-order valence-corrected chi connectivity index (χ1v) is 6.10. The van der Waals surface area contributed by atoms with Crippen LogP contribution in [0.15, 0.2) is 12.1 Å². The smallest absolute Gasteiger partial charge is 0.312 e. The molecule has 0 spiro atoms. The highest BCUT2D eigenvalue weighted by Crippen LogP contribution is 2.36. The zero-order valence-electron chi connectivity index (χ0n) is 10.7. The Morgan fingerprint density at radius 3 is 2.50 bits per heavy atom. The molecule has 0 aliphatic carbocycles. The van der Waals surface area contributed by atoms with E-state index in [9.17, 15) is 4.79 Å². The molecule has 0 amide bonds. The molecule has 0 bridgehead atoms. The van der Waals surface area contributed by atoms with Crippen molar-refractivity contribution in [3.8, 4) is 5.75 Å². The molecule has 5 heteroatoms. The molecule has 0 saturated heterocycles. The van der Waals surface area contributed by atoms with Gasteiger partial charge in [-0.25, -0.2) is 0 Å². The van der Waals surface area contributed by atoms with Crippen LogP contribution in [0.3, 0.4) is 0 Å². The number of ether oxygens (including phenoxy) is 1. The zero-order valence-corrected chi connectivity index (χ0v) is 11.5. The highest BCUT2D eigenvalue weighted by molar-refractivity contribution is 6.33. The van der Waals surface area contributed by atoms with Gasteiger partial charge in [0.1, 0.15) is 5.75 Å². The fourth-order valence-corrected chi connectivity index (χ4v) is 2.06. The minimum absolute atomic E-state index is 0.000242.